The number of hydrogen-bond donors (Lipinski definition) is 4. The molecule has 0 radical (unpaired) electrons. The molecule has 0 spiro atoms. The minimum absolute atomic E-state index is 0.0926. The first-order chi connectivity index (χ1) is 7.36. The summed E-state index contributed by atoms with van der Waals surface area (Å²) in [4.78, 5) is 19.7. The highest BCUT2D eigenvalue weighted by Crippen LogP contribution is 1.83. The second-order valence-corrected chi connectivity index (χ2v) is 2.71. The van der Waals surface area contributed by atoms with Crippen LogP contribution in [0.15, 0.2) is 0 Å². The van der Waals surface area contributed by atoms with Gasteiger partial charge in [-0.3, -0.25) is 9.59 Å². The molecule has 0 rings (SSSR count). The summed E-state index contributed by atoms with van der Waals surface area (Å²) in [5.74, 6) is 2.18. The van der Waals surface area contributed by atoms with E-state index in [1.165, 1.54) is 0 Å². The van der Waals surface area contributed by atoms with Gasteiger partial charge in [-0.15, -0.1) is 24.7 Å². The number of carbonyl (C=O) groups is 2. The van der Waals surface area contributed by atoms with Crippen molar-refractivity contribution in [3.05, 3.63) is 0 Å². The van der Waals surface area contributed by atoms with Crippen molar-refractivity contribution < 1.29 is 19.8 Å². The smallest absolute Gasteiger partial charge is 0.321 e. The second-order valence-electron chi connectivity index (χ2n) is 2.71. The molecular formula is C10H14N2O4. The fourth-order valence-corrected chi connectivity index (χ4v) is 0.429. The molecule has 0 amide bonds. The number of carboxylic acid groups (broad SMARTS) is 2. The zero-order valence-corrected chi connectivity index (χ0v) is 8.59. The maximum atomic E-state index is 9.87. The molecule has 0 bridgehead atoms. The van der Waals surface area contributed by atoms with Gasteiger partial charge in [0.1, 0.15) is 12.1 Å². The first kappa shape index (κ1) is 16.4. The number of terminal acetylenes is 2. The Hall–Kier alpha value is -2.02. The minimum atomic E-state index is -1.05. The van der Waals surface area contributed by atoms with Crippen LogP contribution in [0.2, 0.25) is 0 Å². The Bertz CT molecular complexity index is 282. The molecule has 0 aliphatic heterocycles. The van der Waals surface area contributed by atoms with E-state index in [9.17, 15) is 9.59 Å². The molecule has 0 aromatic heterocycles. The first-order valence-corrected chi connectivity index (χ1v) is 4.20. The zero-order valence-electron chi connectivity index (χ0n) is 8.59. The normalized spacial score (nSPS) is 12.0. The highest BCUT2D eigenvalue weighted by atomic mass is 16.4. The van der Waals surface area contributed by atoms with Crippen LogP contribution in [0.3, 0.4) is 0 Å². The third-order valence-electron chi connectivity index (χ3n) is 1.31. The van der Waals surface area contributed by atoms with Crippen LogP contribution in [0.1, 0.15) is 12.8 Å². The van der Waals surface area contributed by atoms with Crippen LogP contribution in [-0.4, -0.2) is 34.2 Å². The van der Waals surface area contributed by atoms with E-state index in [4.69, 9.17) is 34.5 Å². The number of nitrogens with two attached hydrogens (primary N) is 2. The standard InChI is InChI=1S/2C5H7NO2/c2*1-2-3-4(6)5(7)8/h2*1,4H,3,6H2,(H,7,8). The quantitative estimate of drug-likeness (QED) is 0.448. The van der Waals surface area contributed by atoms with E-state index < -0.39 is 24.0 Å². The van der Waals surface area contributed by atoms with Gasteiger partial charge in [-0.2, -0.15) is 0 Å². The van der Waals surface area contributed by atoms with Crippen LogP contribution in [0.25, 0.3) is 0 Å². The van der Waals surface area contributed by atoms with Crippen molar-refractivity contribution in [1.29, 1.82) is 0 Å². The highest BCUT2D eigenvalue weighted by molar-refractivity contribution is 5.73. The Morgan fingerprint density at radius 3 is 1.31 bits per heavy atom. The van der Waals surface area contributed by atoms with Crippen molar-refractivity contribution >= 4 is 11.9 Å². The van der Waals surface area contributed by atoms with Gasteiger partial charge in [0.25, 0.3) is 0 Å². The lowest BCUT2D eigenvalue weighted by Crippen LogP contribution is -2.29. The van der Waals surface area contributed by atoms with Gasteiger partial charge < -0.3 is 21.7 Å². The van der Waals surface area contributed by atoms with Gasteiger partial charge in [0.15, 0.2) is 0 Å². The predicted molar refractivity (Wildman–Crippen MR) is 58.1 cm³/mol. The molecule has 2 unspecified atom stereocenters. The maximum absolute atomic E-state index is 9.87. The molecule has 0 aromatic carbocycles. The molecule has 0 aliphatic carbocycles. The van der Waals surface area contributed by atoms with Gasteiger partial charge in [0.05, 0.1) is 0 Å². The van der Waals surface area contributed by atoms with Gasteiger partial charge in [0.2, 0.25) is 0 Å². The first-order valence-electron chi connectivity index (χ1n) is 4.20. The Balaban J connectivity index is 0. The van der Waals surface area contributed by atoms with Crippen molar-refractivity contribution in [2.75, 3.05) is 0 Å². The van der Waals surface area contributed by atoms with E-state index in [1.807, 2.05) is 0 Å². The Labute approximate surface area is 93.6 Å². The van der Waals surface area contributed by atoms with Gasteiger partial charge in [-0.05, 0) is 0 Å². The minimum Gasteiger partial charge on any atom is -0.480 e. The average Bonchev–Trinajstić information content (AvgIpc) is 2.19. The third-order valence-corrected chi connectivity index (χ3v) is 1.31. The van der Waals surface area contributed by atoms with Crippen LogP contribution in [0, 0.1) is 24.7 Å². The summed E-state index contributed by atoms with van der Waals surface area (Å²) >= 11 is 0. The van der Waals surface area contributed by atoms with Crippen molar-refractivity contribution in [3.8, 4) is 24.7 Å². The maximum Gasteiger partial charge on any atom is 0.321 e. The third kappa shape index (κ3) is 10.1. The van der Waals surface area contributed by atoms with Gasteiger partial charge in [0, 0.05) is 12.8 Å². The number of carboxylic acids is 2. The monoisotopic (exact) mass is 226 g/mol. The molecular weight excluding hydrogens is 212 g/mol. The number of aliphatic carboxylic acids is 2. The molecule has 0 saturated carbocycles. The summed E-state index contributed by atoms with van der Waals surface area (Å²) in [7, 11) is 0. The average molecular weight is 226 g/mol. The van der Waals surface area contributed by atoms with Crippen LogP contribution in [0.5, 0.6) is 0 Å². The summed E-state index contributed by atoms with van der Waals surface area (Å²) in [6.45, 7) is 0. The summed E-state index contributed by atoms with van der Waals surface area (Å²) in [6.07, 6.45) is 9.73. The molecule has 2 atom stereocenters. The van der Waals surface area contributed by atoms with Crippen LogP contribution in [-0.2, 0) is 9.59 Å². The second kappa shape index (κ2) is 9.53. The lowest BCUT2D eigenvalue weighted by molar-refractivity contribution is -0.139. The fourth-order valence-electron chi connectivity index (χ4n) is 0.429. The molecule has 88 valence electrons. The lowest BCUT2D eigenvalue weighted by atomic mass is 10.2. The molecule has 0 fully saturated rings. The van der Waals surface area contributed by atoms with E-state index in [0.717, 1.165) is 0 Å². The molecule has 6 heteroatoms. The predicted octanol–water partition coefficient (Wildman–Crippen LogP) is -1.16. The Morgan fingerprint density at radius 1 is 1.00 bits per heavy atom. The molecule has 6 nitrogen and oxygen atoms in total. The van der Waals surface area contributed by atoms with Crippen LogP contribution in [0.4, 0.5) is 0 Å². The van der Waals surface area contributed by atoms with Gasteiger partial charge >= 0.3 is 11.9 Å². The highest BCUT2D eigenvalue weighted by Gasteiger charge is 2.07. The van der Waals surface area contributed by atoms with E-state index in [-0.39, 0.29) is 12.8 Å². The topological polar surface area (TPSA) is 127 Å². The Morgan fingerprint density at radius 2 is 1.25 bits per heavy atom. The fraction of sp³-hybridized carbons (Fsp3) is 0.400. The van der Waals surface area contributed by atoms with Crippen molar-refractivity contribution in [1.82, 2.24) is 0 Å². The molecule has 16 heavy (non-hydrogen) atoms. The van der Waals surface area contributed by atoms with E-state index in [0.29, 0.717) is 0 Å². The molecule has 0 aromatic rings. The summed E-state index contributed by atoms with van der Waals surface area (Å²) in [6, 6.07) is -1.81. The van der Waals surface area contributed by atoms with Gasteiger partial charge in [-0.25, -0.2) is 0 Å². The van der Waals surface area contributed by atoms with Gasteiger partial charge in [-0.1, -0.05) is 0 Å². The number of rotatable bonds is 4. The van der Waals surface area contributed by atoms with Crippen molar-refractivity contribution in [3.63, 3.8) is 0 Å². The summed E-state index contributed by atoms with van der Waals surface area (Å²) in [5.41, 5.74) is 9.97. The molecule has 0 heterocycles. The SMILES string of the molecule is C#CCC(N)C(=O)O.C#CCC(N)C(=O)O. The zero-order chi connectivity index (χ0) is 13.1. The van der Waals surface area contributed by atoms with Crippen LogP contribution < -0.4 is 11.5 Å². The van der Waals surface area contributed by atoms with Crippen LogP contribution >= 0.6 is 0 Å². The molecule has 0 aliphatic rings. The van der Waals surface area contributed by atoms with E-state index in [1.54, 1.807) is 0 Å². The Kier molecular flexibility index (Phi) is 9.78. The molecule has 0 saturated heterocycles. The van der Waals surface area contributed by atoms with Crippen molar-refractivity contribution in [2.24, 2.45) is 11.5 Å². The lowest BCUT2D eigenvalue weighted by Gasteiger charge is -1.96. The molecule has 6 N–H and O–H groups in total. The van der Waals surface area contributed by atoms with Crippen molar-refractivity contribution in [2.45, 2.75) is 24.9 Å². The van der Waals surface area contributed by atoms with E-state index >= 15 is 0 Å². The summed E-state index contributed by atoms with van der Waals surface area (Å²) in [5, 5.41) is 16.2. The largest absolute Gasteiger partial charge is 0.480 e. The van der Waals surface area contributed by atoms with E-state index in [2.05, 4.69) is 11.8 Å². The summed E-state index contributed by atoms with van der Waals surface area (Å²) < 4.78 is 0. The number of hydrogen-bond acceptors (Lipinski definition) is 4.